The van der Waals surface area contributed by atoms with Gasteiger partial charge in [-0.3, -0.25) is 4.79 Å². The molecule has 0 amide bonds. The Morgan fingerprint density at radius 2 is 1.62 bits per heavy atom. The molecule has 1 unspecified atom stereocenters. The van der Waals surface area contributed by atoms with Gasteiger partial charge in [-0.2, -0.15) is 13.5 Å². The van der Waals surface area contributed by atoms with Crippen LogP contribution in [0, 0.1) is 6.92 Å². The number of aliphatic hydroxyl groups excluding tert-OH is 1. The van der Waals surface area contributed by atoms with Gasteiger partial charge in [0, 0.05) is 36.0 Å². The number of nitrogens with zero attached hydrogens (tertiary/aromatic N) is 1. The summed E-state index contributed by atoms with van der Waals surface area (Å²) in [4.78, 5) is 15.2. The summed E-state index contributed by atoms with van der Waals surface area (Å²) in [7, 11) is -5.03. The fourth-order valence-corrected chi connectivity index (χ4v) is 5.38. The van der Waals surface area contributed by atoms with Crippen molar-refractivity contribution in [1.29, 1.82) is 0 Å². The number of sulfonamides is 1. The second-order valence-electron chi connectivity index (χ2n) is 9.58. The highest BCUT2D eigenvalue weighted by Gasteiger charge is 2.28. The first-order valence-electron chi connectivity index (χ1n) is 12.3. The van der Waals surface area contributed by atoms with Crippen LogP contribution in [0.5, 0.6) is 0 Å². The van der Waals surface area contributed by atoms with Crippen molar-refractivity contribution in [1.82, 2.24) is 4.72 Å². The summed E-state index contributed by atoms with van der Waals surface area (Å²) in [6.45, 7) is 4.90. The summed E-state index contributed by atoms with van der Waals surface area (Å²) in [6.07, 6.45) is -1.91. The predicted octanol–water partition coefficient (Wildman–Crippen LogP) is 4.93. The first-order valence-corrected chi connectivity index (χ1v) is 13.8. The Morgan fingerprint density at radius 3 is 2.28 bits per heavy atom. The third kappa shape index (κ3) is 5.38. The molecule has 2 heterocycles. The Kier molecular flexibility index (Phi) is 7.15. The number of fused-ring (bicyclic) bond motifs is 2. The van der Waals surface area contributed by atoms with Crippen LogP contribution in [0.15, 0.2) is 75.9 Å². The number of hydrogen-bond donors (Lipinski definition) is 3. The zero-order valence-electron chi connectivity index (χ0n) is 21.2. The molecule has 0 aliphatic carbocycles. The Morgan fingerprint density at radius 1 is 0.974 bits per heavy atom. The van der Waals surface area contributed by atoms with Gasteiger partial charge in [0.1, 0.15) is 11.8 Å². The van der Waals surface area contributed by atoms with E-state index in [-0.39, 0.29) is 11.0 Å². The zero-order chi connectivity index (χ0) is 27.9. The van der Waals surface area contributed by atoms with Gasteiger partial charge in [0.05, 0.1) is 11.4 Å². The molecular weight excluding hydrogens is 528 g/mol. The number of benzene rings is 3. The first-order chi connectivity index (χ1) is 18.5. The lowest BCUT2D eigenvalue weighted by Gasteiger charge is -2.23. The van der Waals surface area contributed by atoms with Crippen LogP contribution >= 0.6 is 0 Å². The largest absolute Gasteiger partial charge is 0.440 e. The maximum Gasteiger partial charge on any atom is 0.350 e. The van der Waals surface area contributed by atoms with Crippen molar-refractivity contribution in [3.63, 3.8) is 0 Å². The summed E-state index contributed by atoms with van der Waals surface area (Å²) in [5.41, 5.74) is 4.41. The predicted molar refractivity (Wildman–Crippen MR) is 145 cm³/mol. The quantitative estimate of drug-likeness (QED) is 0.265. The molecule has 3 N–H and O–H groups in total. The molecule has 1 aliphatic rings. The molecule has 2 atom stereocenters. The summed E-state index contributed by atoms with van der Waals surface area (Å²) >= 11 is 0. The maximum absolute atomic E-state index is 13.2. The van der Waals surface area contributed by atoms with Crippen LogP contribution in [0.1, 0.15) is 47.0 Å². The highest BCUT2D eigenvalue weighted by atomic mass is 32.2. The van der Waals surface area contributed by atoms with E-state index in [0.29, 0.717) is 41.2 Å². The van der Waals surface area contributed by atoms with Crippen molar-refractivity contribution in [3.8, 4) is 0 Å². The van der Waals surface area contributed by atoms with Gasteiger partial charge in [-0.1, -0.05) is 48.5 Å². The zero-order valence-corrected chi connectivity index (χ0v) is 22.0. The maximum atomic E-state index is 13.2. The van der Waals surface area contributed by atoms with E-state index >= 15 is 0 Å². The molecule has 1 aromatic heterocycles. The van der Waals surface area contributed by atoms with Crippen LogP contribution in [-0.2, 0) is 23.1 Å². The van der Waals surface area contributed by atoms with Crippen LogP contribution in [0.25, 0.3) is 11.0 Å². The average molecular weight is 556 g/mol. The Bertz CT molecular complexity index is 1680. The third-order valence-corrected chi connectivity index (χ3v) is 7.77. The molecule has 4 aromatic rings. The van der Waals surface area contributed by atoms with E-state index in [2.05, 4.69) is 5.32 Å². The summed E-state index contributed by atoms with van der Waals surface area (Å²) in [5, 5.41) is 14.0. The van der Waals surface area contributed by atoms with E-state index in [1.165, 1.54) is 12.1 Å². The van der Waals surface area contributed by atoms with Gasteiger partial charge in [0.25, 0.3) is 10.0 Å². The fourth-order valence-electron chi connectivity index (χ4n) is 4.84. The smallest absolute Gasteiger partial charge is 0.350 e. The first kappa shape index (κ1) is 26.8. The molecule has 204 valence electrons. The van der Waals surface area contributed by atoms with Crippen molar-refractivity contribution in [2.45, 2.75) is 45.0 Å². The van der Waals surface area contributed by atoms with Crippen molar-refractivity contribution in [2.75, 3.05) is 10.2 Å². The van der Waals surface area contributed by atoms with Crippen molar-refractivity contribution in [3.05, 3.63) is 105 Å². The number of anilines is 2. The molecule has 0 fully saturated rings. The molecule has 1 aliphatic heterocycles. The topological polar surface area (TPSA) is 112 Å². The number of hydrogen-bond acceptors (Lipinski definition) is 7. The number of halogens is 2. The van der Waals surface area contributed by atoms with Gasteiger partial charge in [0.2, 0.25) is 5.88 Å². The third-order valence-electron chi connectivity index (χ3n) is 6.75. The van der Waals surface area contributed by atoms with Gasteiger partial charge in [0.15, 0.2) is 5.43 Å². The molecule has 8 nitrogen and oxygen atoms in total. The van der Waals surface area contributed by atoms with E-state index in [0.717, 1.165) is 16.7 Å². The van der Waals surface area contributed by atoms with Gasteiger partial charge in [-0.05, 0) is 42.7 Å². The average Bonchev–Trinajstić information content (AvgIpc) is 3.33. The highest BCUT2D eigenvalue weighted by Crippen LogP contribution is 2.34. The Hall–Kier alpha value is -3.80. The van der Waals surface area contributed by atoms with Crippen LogP contribution in [0.4, 0.5) is 20.4 Å². The lowest BCUT2D eigenvalue weighted by molar-refractivity contribution is 0.159. The molecular formula is C28H27F2N3O5S. The Balaban J connectivity index is 1.49. The molecule has 39 heavy (non-hydrogen) atoms. The second-order valence-corrected chi connectivity index (χ2v) is 11.3. The fraction of sp³-hybridized carbons (Fsp3) is 0.250. The number of rotatable bonds is 8. The standard InChI is InChI=1S/C28H27F2N3O5S/c1-16-11-21(17(2)31-23-10-6-5-9-20(23)27(35)32-39(36,37)28(29)30)26-22(12-16)24(34)13-25(38-26)33-14-18-7-3-4-8-19(18)15-33/h3-13,17,27-28,31-32,35H,14-15H2,1-2H3/t17-,27?/m1/s1. The van der Waals surface area contributed by atoms with Gasteiger partial charge in [-0.15, -0.1) is 0 Å². The van der Waals surface area contributed by atoms with Gasteiger partial charge in [-0.25, -0.2) is 8.42 Å². The molecule has 0 saturated carbocycles. The number of aliphatic hydroxyl groups is 1. The van der Waals surface area contributed by atoms with E-state index in [4.69, 9.17) is 4.42 Å². The lowest BCUT2D eigenvalue weighted by atomic mass is 10.0. The van der Waals surface area contributed by atoms with Crippen molar-refractivity contribution < 1.29 is 26.7 Å². The van der Waals surface area contributed by atoms with E-state index in [1.807, 2.05) is 49.1 Å². The second kappa shape index (κ2) is 10.4. The molecule has 3 aromatic carbocycles. The van der Waals surface area contributed by atoms with Gasteiger partial charge >= 0.3 is 5.76 Å². The SMILES string of the molecule is Cc1cc([C@@H](C)Nc2ccccc2C(O)NS(=O)(=O)C(F)F)c2oc(N3Cc4ccccc4C3)cc(=O)c2c1. The number of para-hydroxylation sites is 1. The molecule has 5 rings (SSSR count). The molecule has 11 heteroatoms. The van der Waals surface area contributed by atoms with Crippen LogP contribution < -0.4 is 20.4 Å². The molecule has 0 radical (unpaired) electrons. The van der Waals surface area contributed by atoms with Crippen LogP contribution in [-0.4, -0.2) is 19.3 Å². The minimum absolute atomic E-state index is 0.0579. The summed E-state index contributed by atoms with van der Waals surface area (Å²) in [6, 6.07) is 18.9. The number of aryl methyl sites for hydroxylation is 1. The summed E-state index contributed by atoms with van der Waals surface area (Å²) in [5.74, 6) is -3.25. The van der Waals surface area contributed by atoms with Crippen molar-refractivity contribution >= 4 is 32.6 Å². The van der Waals surface area contributed by atoms with Crippen LogP contribution in [0.2, 0.25) is 0 Å². The highest BCUT2D eigenvalue weighted by molar-refractivity contribution is 7.89. The van der Waals surface area contributed by atoms with E-state index in [1.54, 1.807) is 29.0 Å². The molecule has 0 saturated heterocycles. The minimum atomic E-state index is -5.03. The van der Waals surface area contributed by atoms with E-state index in [9.17, 15) is 27.1 Å². The summed E-state index contributed by atoms with van der Waals surface area (Å²) < 4.78 is 56.8. The van der Waals surface area contributed by atoms with Gasteiger partial charge < -0.3 is 19.7 Å². The molecule has 0 bridgehead atoms. The Labute approximate surface area is 223 Å². The minimum Gasteiger partial charge on any atom is -0.440 e. The lowest BCUT2D eigenvalue weighted by Crippen LogP contribution is -2.33. The van der Waals surface area contributed by atoms with Crippen LogP contribution in [0.3, 0.4) is 0 Å². The monoisotopic (exact) mass is 555 g/mol. The number of nitrogens with one attached hydrogen (secondary N) is 2. The molecule has 0 spiro atoms. The number of alkyl halides is 2. The van der Waals surface area contributed by atoms with E-state index < -0.39 is 28.1 Å². The normalized spacial score (nSPS) is 15.0. The van der Waals surface area contributed by atoms with Crippen molar-refractivity contribution in [2.24, 2.45) is 0 Å².